The number of benzene rings is 8. The first-order valence-electron chi connectivity index (χ1n) is 18.6. The van der Waals surface area contributed by atoms with Gasteiger partial charge in [0.2, 0.25) is 0 Å². The fourth-order valence-corrected chi connectivity index (χ4v) is 9.35. The number of anilines is 3. The second-order valence-corrected chi connectivity index (χ2v) is 14.8. The van der Waals surface area contributed by atoms with E-state index in [9.17, 15) is 0 Å². The van der Waals surface area contributed by atoms with Gasteiger partial charge in [-0.1, -0.05) is 170 Å². The van der Waals surface area contributed by atoms with E-state index in [1.165, 1.54) is 72.4 Å². The minimum absolute atomic E-state index is 0.294. The average Bonchev–Trinajstić information content (AvgIpc) is 3.66. The topological polar surface area (TPSA) is 3.24 Å². The molecule has 2 aliphatic rings. The van der Waals surface area contributed by atoms with Crippen LogP contribution in [0.2, 0.25) is 0 Å². The van der Waals surface area contributed by atoms with Crippen molar-refractivity contribution in [3.8, 4) is 33.4 Å². The molecule has 0 bridgehead atoms. The number of hydrogen-bond acceptors (Lipinski definition) is 1. The van der Waals surface area contributed by atoms with Crippen molar-refractivity contribution in [1.29, 1.82) is 0 Å². The van der Waals surface area contributed by atoms with Gasteiger partial charge in [-0.3, -0.25) is 0 Å². The van der Waals surface area contributed by atoms with E-state index < -0.39 is 0 Å². The van der Waals surface area contributed by atoms with Gasteiger partial charge in [-0.15, -0.1) is 0 Å². The Hall–Kier alpha value is -6.44. The number of nitrogens with zero attached hydrogens (tertiary/aromatic N) is 1. The molecule has 0 saturated carbocycles. The molecule has 1 nitrogen and oxygen atoms in total. The van der Waals surface area contributed by atoms with Crippen LogP contribution in [0.4, 0.5) is 17.1 Å². The Kier molecular flexibility index (Phi) is 7.13. The molecule has 1 heteroatoms. The first kappa shape index (κ1) is 31.3. The maximum Gasteiger partial charge on any atom is 0.0543 e. The summed E-state index contributed by atoms with van der Waals surface area (Å²) in [6, 6.07) is 73.8. The molecule has 0 amide bonds. The molecule has 0 radical (unpaired) electrons. The summed E-state index contributed by atoms with van der Waals surface area (Å²) >= 11 is 0. The van der Waals surface area contributed by atoms with Gasteiger partial charge in [-0.25, -0.2) is 0 Å². The first-order valence-corrected chi connectivity index (χ1v) is 18.6. The summed E-state index contributed by atoms with van der Waals surface area (Å²) in [5.41, 5.74) is 18.4. The highest BCUT2D eigenvalue weighted by molar-refractivity contribution is 5.97. The van der Waals surface area contributed by atoms with Gasteiger partial charge >= 0.3 is 0 Å². The Balaban J connectivity index is 1.22. The van der Waals surface area contributed by atoms with E-state index in [1.807, 2.05) is 0 Å². The van der Waals surface area contributed by atoms with Crippen molar-refractivity contribution in [2.24, 2.45) is 0 Å². The van der Waals surface area contributed by atoms with Gasteiger partial charge in [-0.05, 0) is 105 Å². The summed E-state index contributed by atoms with van der Waals surface area (Å²) < 4.78 is 0. The van der Waals surface area contributed by atoms with E-state index in [0.717, 1.165) is 11.4 Å². The summed E-state index contributed by atoms with van der Waals surface area (Å²) in [6.07, 6.45) is 0. The molecule has 2 unspecified atom stereocenters. The van der Waals surface area contributed by atoms with Crippen LogP contribution in [0, 0.1) is 0 Å². The van der Waals surface area contributed by atoms with E-state index in [2.05, 4.69) is 219 Å². The number of hydrogen-bond donors (Lipinski definition) is 0. The molecule has 53 heavy (non-hydrogen) atoms. The van der Waals surface area contributed by atoms with E-state index >= 15 is 0 Å². The van der Waals surface area contributed by atoms with Gasteiger partial charge in [0.25, 0.3) is 0 Å². The summed E-state index contributed by atoms with van der Waals surface area (Å²) in [4.78, 5) is 2.50. The lowest BCUT2D eigenvalue weighted by atomic mass is 9.74. The third-order valence-electron chi connectivity index (χ3n) is 12.0. The van der Waals surface area contributed by atoms with Crippen LogP contribution < -0.4 is 4.90 Å². The second-order valence-electron chi connectivity index (χ2n) is 14.8. The van der Waals surface area contributed by atoms with Crippen LogP contribution in [0.25, 0.3) is 33.4 Å². The summed E-state index contributed by atoms with van der Waals surface area (Å²) in [7, 11) is 0. The van der Waals surface area contributed by atoms with Crippen molar-refractivity contribution >= 4 is 17.1 Å². The third kappa shape index (κ3) is 4.64. The Bertz CT molecular complexity index is 2620. The van der Waals surface area contributed by atoms with Crippen molar-refractivity contribution in [1.82, 2.24) is 0 Å². The van der Waals surface area contributed by atoms with Gasteiger partial charge in [0.1, 0.15) is 0 Å². The highest BCUT2D eigenvalue weighted by atomic mass is 15.1. The molecule has 0 spiro atoms. The molecule has 0 N–H and O–H groups in total. The minimum atomic E-state index is -0.302. The molecule has 0 saturated heterocycles. The maximum atomic E-state index is 2.50. The Morgan fingerprint density at radius 2 is 0.811 bits per heavy atom. The van der Waals surface area contributed by atoms with Gasteiger partial charge in [-0.2, -0.15) is 0 Å². The fraction of sp³-hybridized carbons (Fsp3) is 0.0769. The molecular weight excluding hydrogens is 639 g/mol. The van der Waals surface area contributed by atoms with Crippen LogP contribution in [-0.4, -0.2) is 0 Å². The van der Waals surface area contributed by atoms with Gasteiger partial charge in [0, 0.05) is 27.8 Å². The monoisotopic (exact) mass is 677 g/mol. The zero-order valence-electron chi connectivity index (χ0n) is 30.0. The zero-order valence-corrected chi connectivity index (χ0v) is 30.0. The average molecular weight is 678 g/mol. The van der Waals surface area contributed by atoms with Crippen LogP contribution >= 0.6 is 0 Å². The van der Waals surface area contributed by atoms with Crippen molar-refractivity contribution < 1.29 is 0 Å². The molecule has 10 rings (SSSR count). The lowest BCUT2D eigenvalue weighted by molar-refractivity contribution is 0.713. The van der Waals surface area contributed by atoms with E-state index in [-0.39, 0.29) is 10.8 Å². The van der Waals surface area contributed by atoms with E-state index in [1.54, 1.807) is 0 Å². The largest absolute Gasteiger partial charge is 0.310 e. The molecule has 8 aromatic rings. The summed E-state index contributed by atoms with van der Waals surface area (Å²) in [5, 5.41) is 0. The van der Waals surface area contributed by atoms with Crippen LogP contribution in [0.5, 0.6) is 0 Å². The molecule has 0 aromatic heterocycles. The summed E-state index contributed by atoms with van der Waals surface area (Å²) in [5.74, 6) is 0. The number of fused-ring (bicyclic) bond motifs is 6. The van der Waals surface area contributed by atoms with Crippen LogP contribution in [-0.2, 0) is 10.8 Å². The van der Waals surface area contributed by atoms with Crippen molar-refractivity contribution in [2.45, 2.75) is 24.7 Å². The highest BCUT2D eigenvalue weighted by Gasteiger charge is 2.44. The van der Waals surface area contributed by atoms with Crippen LogP contribution in [0.3, 0.4) is 0 Å². The minimum Gasteiger partial charge on any atom is -0.310 e. The normalized spacial score (nSPS) is 17.8. The molecule has 252 valence electrons. The molecule has 8 aromatic carbocycles. The molecule has 2 aliphatic carbocycles. The smallest absolute Gasteiger partial charge is 0.0543 e. The Labute approximate surface area is 312 Å². The van der Waals surface area contributed by atoms with Gasteiger partial charge in [0.05, 0.1) is 5.69 Å². The zero-order chi connectivity index (χ0) is 35.6. The van der Waals surface area contributed by atoms with Crippen molar-refractivity contribution in [3.05, 3.63) is 234 Å². The SMILES string of the molecule is CC1(c2ccccc2)c2ccccc2-c2ccc(N(c3ccc(-c4ccccc4)cc3)c3cccc4c3-c3ccccc3C4(C)c3ccccc3)cc21. The third-order valence-corrected chi connectivity index (χ3v) is 12.0. The molecule has 0 fully saturated rings. The Morgan fingerprint density at radius 1 is 0.340 bits per heavy atom. The predicted molar refractivity (Wildman–Crippen MR) is 221 cm³/mol. The molecular formula is C52H39N. The second kappa shape index (κ2) is 12.1. The number of rotatable bonds is 6. The van der Waals surface area contributed by atoms with E-state index in [4.69, 9.17) is 0 Å². The van der Waals surface area contributed by atoms with Crippen molar-refractivity contribution in [2.75, 3.05) is 4.90 Å². The standard InChI is InChI=1S/C52H39N/c1-51(38-19-8-4-9-20-38)46-26-15-13-24-44(46)50-47(51)27-16-28-49(50)53(40-31-29-37(30-32-40)36-17-6-3-7-18-36)41-33-34-43-42-23-12-14-25-45(42)52(2,48(43)35-41)39-21-10-5-11-22-39/h3-35H,1-2H3. The van der Waals surface area contributed by atoms with E-state index in [0.29, 0.717) is 0 Å². The maximum absolute atomic E-state index is 2.50. The van der Waals surface area contributed by atoms with Crippen molar-refractivity contribution in [3.63, 3.8) is 0 Å². The van der Waals surface area contributed by atoms with Crippen LogP contribution in [0.1, 0.15) is 47.2 Å². The Morgan fingerprint density at radius 3 is 1.47 bits per heavy atom. The highest BCUT2D eigenvalue weighted by Crippen LogP contribution is 2.58. The molecule has 0 heterocycles. The molecule has 0 aliphatic heterocycles. The van der Waals surface area contributed by atoms with Crippen LogP contribution in [0.15, 0.2) is 200 Å². The lowest BCUT2D eigenvalue weighted by Crippen LogP contribution is -2.23. The lowest BCUT2D eigenvalue weighted by Gasteiger charge is -2.32. The summed E-state index contributed by atoms with van der Waals surface area (Å²) in [6.45, 7) is 4.80. The first-order chi connectivity index (χ1) is 26.1. The quantitative estimate of drug-likeness (QED) is 0.169. The van der Waals surface area contributed by atoms with Gasteiger partial charge < -0.3 is 4.90 Å². The van der Waals surface area contributed by atoms with Gasteiger partial charge in [0.15, 0.2) is 0 Å². The fourth-order valence-electron chi connectivity index (χ4n) is 9.35. The molecule has 2 atom stereocenters. The predicted octanol–water partition coefficient (Wildman–Crippen LogP) is 13.5.